The third kappa shape index (κ3) is 4.59. The molecule has 204 valence electrons. The maximum atomic E-state index is 13.7. The monoisotopic (exact) mass is 547 g/mol. The number of nitriles is 1. The molecule has 1 spiro atoms. The van der Waals surface area contributed by atoms with Crippen LogP contribution in [0.4, 0.5) is 16.2 Å². The molecule has 3 fully saturated rings. The molecule has 0 radical (unpaired) electrons. The molecule has 1 N–H and O–H groups in total. The first-order chi connectivity index (χ1) is 18.5. The van der Waals surface area contributed by atoms with E-state index in [4.69, 9.17) is 17.0 Å². The Hall–Kier alpha value is -3.71. The van der Waals surface area contributed by atoms with Crippen LogP contribution in [0.5, 0.6) is 5.75 Å². The van der Waals surface area contributed by atoms with Crippen LogP contribution in [0.25, 0.3) is 0 Å². The molecular weight excluding hydrogens is 514 g/mol. The first kappa shape index (κ1) is 26.9. The smallest absolute Gasteiger partial charge is 0.407 e. The largest absolute Gasteiger partial charge is 0.490 e. The van der Waals surface area contributed by atoms with E-state index in [2.05, 4.69) is 31.8 Å². The van der Waals surface area contributed by atoms with E-state index in [1.165, 1.54) is 11.1 Å². The van der Waals surface area contributed by atoms with Crippen LogP contribution >= 0.6 is 12.2 Å². The minimum Gasteiger partial charge on any atom is -0.490 e. The van der Waals surface area contributed by atoms with Gasteiger partial charge in [-0.1, -0.05) is 20.8 Å². The van der Waals surface area contributed by atoms with Crippen LogP contribution in [0, 0.1) is 23.7 Å². The maximum absolute atomic E-state index is 13.7. The fraction of sp³-hybridized carbons (Fsp3) is 0.483. The van der Waals surface area contributed by atoms with Crippen LogP contribution in [0.15, 0.2) is 36.5 Å². The molecule has 0 bridgehead atoms. The van der Waals surface area contributed by atoms with Crippen molar-refractivity contribution in [2.24, 2.45) is 5.41 Å². The predicted molar refractivity (Wildman–Crippen MR) is 151 cm³/mol. The lowest BCUT2D eigenvalue weighted by molar-refractivity contribution is -0.123. The lowest BCUT2D eigenvalue weighted by Crippen LogP contribution is -2.55. The molecule has 39 heavy (non-hydrogen) atoms. The van der Waals surface area contributed by atoms with Gasteiger partial charge in [-0.05, 0) is 79.7 Å². The molecule has 2 atom stereocenters. The Morgan fingerprint density at radius 1 is 1.23 bits per heavy atom. The van der Waals surface area contributed by atoms with E-state index in [1.54, 1.807) is 17.9 Å². The summed E-state index contributed by atoms with van der Waals surface area (Å²) in [6, 6.07) is 11.3. The summed E-state index contributed by atoms with van der Waals surface area (Å²) in [5, 5.41) is 19.3. The molecular formula is C29H33N5O4S. The van der Waals surface area contributed by atoms with E-state index >= 15 is 0 Å². The summed E-state index contributed by atoms with van der Waals surface area (Å²) in [6.07, 6.45) is 4.15. The highest BCUT2D eigenvalue weighted by atomic mass is 32.1. The number of aromatic nitrogens is 1. The van der Waals surface area contributed by atoms with Crippen LogP contribution in [-0.4, -0.2) is 56.3 Å². The molecule has 10 heteroatoms. The van der Waals surface area contributed by atoms with Gasteiger partial charge >= 0.3 is 6.09 Å². The van der Waals surface area contributed by atoms with E-state index in [9.17, 15) is 20.0 Å². The Bertz CT molecular complexity index is 1360. The fourth-order valence-corrected chi connectivity index (χ4v) is 6.43. The van der Waals surface area contributed by atoms with Gasteiger partial charge in [0.25, 0.3) is 5.91 Å². The zero-order chi connectivity index (χ0) is 28.1. The molecule has 5 rings (SSSR count). The summed E-state index contributed by atoms with van der Waals surface area (Å²) in [5.74, 6) is 0.631. The number of rotatable bonds is 4. The zero-order valence-electron chi connectivity index (χ0n) is 22.7. The number of thiocarbonyl (C=S) groups is 1. The van der Waals surface area contributed by atoms with Crippen molar-refractivity contribution in [3.63, 3.8) is 0 Å². The zero-order valence-corrected chi connectivity index (χ0v) is 23.5. The number of hydrogen-bond acceptors (Lipinski definition) is 6. The van der Waals surface area contributed by atoms with Gasteiger partial charge in [-0.3, -0.25) is 9.69 Å². The lowest BCUT2D eigenvalue weighted by atomic mass is 9.75. The average molecular weight is 548 g/mol. The highest BCUT2D eigenvalue weighted by molar-refractivity contribution is 7.81. The minimum atomic E-state index is -0.889. The first-order valence-electron chi connectivity index (χ1n) is 13.3. The molecule has 1 aromatic heterocycles. The van der Waals surface area contributed by atoms with Crippen molar-refractivity contribution in [3.05, 3.63) is 47.8 Å². The minimum absolute atomic E-state index is 0.0663. The van der Waals surface area contributed by atoms with Gasteiger partial charge in [0.1, 0.15) is 29.2 Å². The number of hydrogen-bond donors (Lipinski definition) is 1. The average Bonchev–Trinajstić information content (AvgIpc) is 3.10. The fourth-order valence-electron chi connectivity index (χ4n) is 5.96. The molecule has 2 aromatic rings. The van der Waals surface area contributed by atoms with Crippen LogP contribution in [-0.2, 0) is 4.79 Å². The van der Waals surface area contributed by atoms with E-state index in [-0.39, 0.29) is 23.5 Å². The molecule has 2 aliphatic heterocycles. The van der Waals surface area contributed by atoms with Gasteiger partial charge in [0.2, 0.25) is 0 Å². The molecule has 3 aliphatic rings. The van der Waals surface area contributed by atoms with Gasteiger partial charge in [0, 0.05) is 31.1 Å². The number of ether oxygens (including phenoxy) is 1. The van der Waals surface area contributed by atoms with Crippen LogP contribution in [0.1, 0.15) is 64.1 Å². The second-order valence-electron chi connectivity index (χ2n) is 11.7. The van der Waals surface area contributed by atoms with Gasteiger partial charge in [-0.15, -0.1) is 0 Å². The Labute approximate surface area is 234 Å². The second kappa shape index (κ2) is 9.79. The number of carbonyl (C=O) groups is 2. The number of amides is 2. The van der Waals surface area contributed by atoms with Crippen LogP contribution < -0.4 is 14.5 Å². The Balaban J connectivity index is 1.36. The number of piperidine rings is 1. The van der Waals surface area contributed by atoms with Crippen molar-refractivity contribution in [3.8, 4) is 11.8 Å². The summed E-state index contributed by atoms with van der Waals surface area (Å²) >= 11 is 5.85. The van der Waals surface area contributed by atoms with Crippen molar-refractivity contribution in [2.75, 3.05) is 16.3 Å². The number of carbonyl (C=O) groups excluding carboxylic acids is 1. The summed E-state index contributed by atoms with van der Waals surface area (Å²) in [6.45, 7) is 8.40. The van der Waals surface area contributed by atoms with Gasteiger partial charge in [0.15, 0.2) is 5.11 Å². The van der Waals surface area contributed by atoms with Gasteiger partial charge < -0.3 is 19.6 Å². The lowest BCUT2D eigenvalue weighted by Gasteiger charge is -2.44. The van der Waals surface area contributed by atoms with Gasteiger partial charge in [-0.25, -0.2) is 9.78 Å². The number of benzene rings is 1. The number of carboxylic acid groups (broad SMARTS) is 1. The molecule has 2 unspecified atom stereocenters. The van der Waals surface area contributed by atoms with E-state index in [1.807, 2.05) is 29.2 Å². The van der Waals surface area contributed by atoms with Crippen LogP contribution in [0.2, 0.25) is 0 Å². The van der Waals surface area contributed by atoms with E-state index in [0.717, 1.165) is 12.1 Å². The Morgan fingerprint density at radius 3 is 2.46 bits per heavy atom. The molecule has 3 heterocycles. The summed E-state index contributed by atoms with van der Waals surface area (Å²) in [7, 11) is 0. The third-order valence-electron chi connectivity index (χ3n) is 8.22. The van der Waals surface area contributed by atoms with Gasteiger partial charge in [0.05, 0.1) is 11.9 Å². The van der Waals surface area contributed by atoms with Crippen LogP contribution in [0.3, 0.4) is 0 Å². The first-order valence-corrected chi connectivity index (χ1v) is 13.7. The standard InChI is InChI=1S/C29H33N5O4S/c1-18-14-20(17-31-23(18)16-30)33-25(35)29(11-5-12-29)34(26(33)39)19-6-8-21(9-7-19)38-22-10-13-32(27(36)37)24(15-22)28(2,3)4/h6-9,14,17,22,24H,5,10-13,15H2,1-4H3,(H,36,37). The van der Waals surface area contributed by atoms with E-state index in [0.29, 0.717) is 60.0 Å². The summed E-state index contributed by atoms with van der Waals surface area (Å²) in [4.78, 5) is 34.7. The quantitative estimate of drug-likeness (QED) is 0.517. The highest BCUT2D eigenvalue weighted by Crippen LogP contribution is 2.48. The molecule has 2 saturated heterocycles. The Morgan fingerprint density at radius 2 is 1.92 bits per heavy atom. The number of pyridine rings is 1. The second-order valence-corrected chi connectivity index (χ2v) is 12.1. The molecule has 1 saturated carbocycles. The van der Waals surface area contributed by atoms with Crippen molar-refractivity contribution >= 4 is 40.7 Å². The molecule has 2 amide bonds. The summed E-state index contributed by atoms with van der Waals surface area (Å²) in [5.41, 5.74) is 1.48. The van der Waals surface area contributed by atoms with Gasteiger partial charge in [-0.2, -0.15) is 5.26 Å². The van der Waals surface area contributed by atoms with Crippen molar-refractivity contribution in [1.82, 2.24) is 9.88 Å². The normalized spacial score (nSPS) is 22.6. The Kier molecular flexibility index (Phi) is 6.75. The molecule has 1 aliphatic carbocycles. The maximum Gasteiger partial charge on any atom is 0.407 e. The van der Waals surface area contributed by atoms with Crippen molar-refractivity contribution < 1.29 is 19.4 Å². The third-order valence-corrected chi connectivity index (χ3v) is 8.58. The number of aryl methyl sites for hydroxylation is 1. The predicted octanol–water partition coefficient (Wildman–Crippen LogP) is 5.26. The molecule has 9 nitrogen and oxygen atoms in total. The van der Waals surface area contributed by atoms with E-state index < -0.39 is 11.6 Å². The summed E-state index contributed by atoms with van der Waals surface area (Å²) < 4.78 is 6.31. The van der Waals surface area contributed by atoms with Crippen molar-refractivity contribution in [2.45, 2.75) is 77.5 Å². The topological polar surface area (TPSA) is 110 Å². The molecule has 1 aromatic carbocycles. The van der Waals surface area contributed by atoms with Crippen molar-refractivity contribution in [1.29, 1.82) is 5.26 Å². The highest BCUT2D eigenvalue weighted by Gasteiger charge is 2.59. The number of likely N-dealkylation sites (tertiary alicyclic amines) is 1. The number of nitrogens with zero attached hydrogens (tertiary/aromatic N) is 5. The number of anilines is 2. The SMILES string of the molecule is Cc1cc(N2C(=O)C3(CCC3)N(c3ccc(OC4CCN(C(=O)O)C(C(C)(C)C)C4)cc3)C2=S)cnc1C#N.